The maximum atomic E-state index is 11.8. The monoisotopic (exact) mass is 379 g/mol. The Bertz CT molecular complexity index is 612. The second-order valence-electron chi connectivity index (χ2n) is 6.75. The van der Waals surface area contributed by atoms with Crippen LogP contribution in [0.5, 0.6) is 0 Å². The van der Waals surface area contributed by atoms with Crippen LogP contribution in [0.4, 0.5) is 0 Å². The Labute approximate surface area is 161 Å². The third-order valence-corrected chi connectivity index (χ3v) is 4.60. The summed E-state index contributed by atoms with van der Waals surface area (Å²) >= 11 is 6.08. The summed E-state index contributed by atoms with van der Waals surface area (Å²) in [5.41, 5.74) is 1.24. The number of nitrogens with one attached hydrogen (secondary N) is 1. The summed E-state index contributed by atoms with van der Waals surface area (Å²) in [6.45, 7) is 7.78. The molecule has 7 heteroatoms. The predicted molar refractivity (Wildman–Crippen MR) is 108 cm³/mol. The van der Waals surface area contributed by atoms with Crippen molar-refractivity contribution in [2.24, 2.45) is 4.99 Å². The molecule has 1 saturated heterocycles. The number of amides is 1. The van der Waals surface area contributed by atoms with Crippen molar-refractivity contribution < 1.29 is 4.79 Å². The van der Waals surface area contributed by atoms with Crippen molar-refractivity contribution in [1.82, 2.24) is 20.0 Å². The number of nitrogens with zero attached hydrogens (tertiary/aromatic N) is 4. The van der Waals surface area contributed by atoms with E-state index in [-0.39, 0.29) is 12.5 Å². The minimum absolute atomic E-state index is 0.0143. The lowest BCUT2D eigenvalue weighted by Crippen LogP contribution is -2.52. The summed E-state index contributed by atoms with van der Waals surface area (Å²) < 4.78 is 0. The summed E-state index contributed by atoms with van der Waals surface area (Å²) in [6.07, 6.45) is 1.02. The van der Waals surface area contributed by atoms with Gasteiger partial charge in [-0.05, 0) is 24.1 Å². The largest absolute Gasteiger partial charge is 0.356 e. The van der Waals surface area contributed by atoms with Crippen molar-refractivity contribution in [3.63, 3.8) is 0 Å². The number of hydrogen-bond acceptors (Lipinski definition) is 3. The molecule has 1 aliphatic rings. The first-order valence-corrected chi connectivity index (χ1v) is 9.57. The van der Waals surface area contributed by atoms with Crippen molar-refractivity contribution in [2.45, 2.75) is 19.9 Å². The van der Waals surface area contributed by atoms with Crippen LogP contribution in [-0.4, -0.2) is 79.9 Å². The fourth-order valence-corrected chi connectivity index (χ4v) is 3.01. The number of guanidine groups is 1. The molecule has 1 aliphatic heterocycles. The van der Waals surface area contributed by atoms with Crippen LogP contribution in [0.3, 0.4) is 0 Å². The average molecular weight is 380 g/mol. The number of halogens is 1. The molecule has 1 N–H and O–H groups in total. The van der Waals surface area contributed by atoms with Gasteiger partial charge in [-0.3, -0.25) is 9.69 Å². The number of carbonyl (C=O) groups excluding carboxylic acids is 1. The van der Waals surface area contributed by atoms with Crippen molar-refractivity contribution in [1.29, 1.82) is 0 Å². The molecule has 26 heavy (non-hydrogen) atoms. The van der Waals surface area contributed by atoms with Gasteiger partial charge in [0.2, 0.25) is 5.91 Å². The number of rotatable bonds is 6. The normalized spacial score (nSPS) is 15.8. The molecule has 6 nitrogen and oxygen atoms in total. The van der Waals surface area contributed by atoms with E-state index >= 15 is 0 Å². The Kier molecular flexibility index (Phi) is 8.19. The van der Waals surface area contributed by atoms with Gasteiger partial charge < -0.3 is 15.1 Å². The van der Waals surface area contributed by atoms with Crippen LogP contribution in [-0.2, 0) is 11.3 Å². The van der Waals surface area contributed by atoms with Crippen LogP contribution in [0.15, 0.2) is 29.3 Å². The molecule has 0 aliphatic carbocycles. The second kappa shape index (κ2) is 10.4. The van der Waals surface area contributed by atoms with Crippen LogP contribution in [0.25, 0.3) is 0 Å². The lowest BCUT2D eigenvalue weighted by atomic mass is 10.2. The molecule has 0 aromatic heterocycles. The molecular formula is C19H30ClN5O. The highest BCUT2D eigenvalue weighted by Gasteiger charge is 2.20. The van der Waals surface area contributed by atoms with E-state index in [1.807, 2.05) is 18.2 Å². The molecule has 0 atom stereocenters. The smallest absolute Gasteiger partial charge is 0.243 e. The molecule has 0 bridgehead atoms. The molecule has 0 spiro atoms. The summed E-state index contributed by atoms with van der Waals surface area (Å²) in [4.78, 5) is 22.6. The lowest BCUT2D eigenvalue weighted by Gasteiger charge is -2.36. The highest BCUT2D eigenvalue weighted by atomic mass is 35.5. The Morgan fingerprint density at radius 2 is 2.00 bits per heavy atom. The quantitative estimate of drug-likeness (QED) is 0.606. The number of piperazine rings is 1. The van der Waals surface area contributed by atoms with E-state index < -0.39 is 0 Å². The predicted octanol–water partition coefficient (Wildman–Crippen LogP) is 1.90. The first kappa shape index (κ1) is 20.5. The average Bonchev–Trinajstić information content (AvgIpc) is 2.62. The molecule has 0 unspecified atom stereocenters. The fourth-order valence-electron chi connectivity index (χ4n) is 2.80. The zero-order chi connectivity index (χ0) is 18.9. The summed E-state index contributed by atoms with van der Waals surface area (Å²) in [5, 5.41) is 4.16. The van der Waals surface area contributed by atoms with Crippen LogP contribution >= 0.6 is 11.6 Å². The van der Waals surface area contributed by atoms with E-state index in [1.165, 1.54) is 5.56 Å². The van der Waals surface area contributed by atoms with Crippen LogP contribution in [0, 0.1) is 0 Å². The Balaban J connectivity index is 1.91. The van der Waals surface area contributed by atoms with Gasteiger partial charge >= 0.3 is 0 Å². The van der Waals surface area contributed by atoms with E-state index in [4.69, 9.17) is 11.6 Å². The topological polar surface area (TPSA) is 51.2 Å². The van der Waals surface area contributed by atoms with Crippen molar-refractivity contribution >= 4 is 23.5 Å². The molecule has 1 fully saturated rings. The summed E-state index contributed by atoms with van der Waals surface area (Å²) in [7, 11) is 3.51. The number of hydrogen-bond donors (Lipinski definition) is 1. The minimum Gasteiger partial charge on any atom is -0.356 e. The van der Waals surface area contributed by atoms with E-state index in [2.05, 4.69) is 33.1 Å². The number of aliphatic imine (C=N–C) groups is 1. The maximum absolute atomic E-state index is 11.8. The zero-order valence-corrected chi connectivity index (χ0v) is 16.8. The van der Waals surface area contributed by atoms with Gasteiger partial charge in [-0.2, -0.15) is 0 Å². The lowest BCUT2D eigenvalue weighted by molar-refractivity contribution is -0.127. The van der Waals surface area contributed by atoms with E-state index in [0.717, 1.165) is 56.7 Å². The van der Waals surface area contributed by atoms with Crippen molar-refractivity contribution in [2.75, 3.05) is 53.4 Å². The molecule has 1 aromatic carbocycles. The van der Waals surface area contributed by atoms with Gasteiger partial charge in [0.05, 0.1) is 0 Å². The third kappa shape index (κ3) is 6.50. The van der Waals surface area contributed by atoms with Gasteiger partial charge in [0.25, 0.3) is 0 Å². The van der Waals surface area contributed by atoms with Gasteiger partial charge in [-0.15, -0.1) is 0 Å². The van der Waals surface area contributed by atoms with E-state index in [9.17, 15) is 4.79 Å². The summed E-state index contributed by atoms with van der Waals surface area (Å²) in [6, 6.07) is 8.03. The number of carbonyl (C=O) groups is 1. The molecule has 1 amide bonds. The van der Waals surface area contributed by atoms with Gasteiger partial charge in [0.15, 0.2) is 5.96 Å². The van der Waals surface area contributed by atoms with Crippen LogP contribution in [0.1, 0.15) is 18.9 Å². The molecule has 0 radical (unpaired) electrons. The van der Waals surface area contributed by atoms with Gasteiger partial charge in [0, 0.05) is 58.4 Å². The van der Waals surface area contributed by atoms with E-state index in [0.29, 0.717) is 0 Å². The third-order valence-electron chi connectivity index (χ3n) is 4.36. The summed E-state index contributed by atoms with van der Waals surface area (Å²) in [5.74, 6) is 0.852. The van der Waals surface area contributed by atoms with Crippen LogP contribution in [0.2, 0.25) is 5.02 Å². The first-order valence-electron chi connectivity index (χ1n) is 9.19. The second-order valence-corrected chi connectivity index (χ2v) is 7.18. The maximum Gasteiger partial charge on any atom is 0.243 e. The molecule has 0 saturated carbocycles. The molecule has 1 heterocycles. The highest BCUT2D eigenvalue weighted by molar-refractivity contribution is 6.30. The van der Waals surface area contributed by atoms with E-state index in [1.54, 1.807) is 19.0 Å². The Morgan fingerprint density at radius 3 is 2.62 bits per heavy atom. The molecule has 144 valence electrons. The Morgan fingerprint density at radius 1 is 1.27 bits per heavy atom. The highest BCUT2D eigenvalue weighted by Crippen LogP contribution is 2.14. The minimum atomic E-state index is 0.0143. The van der Waals surface area contributed by atoms with Gasteiger partial charge in [-0.25, -0.2) is 4.99 Å². The van der Waals surface area contributed by atoms with Crippen LogP contribution < -0.4 is 5.32 Å². The standard InChI is InChI=1S/C19H30ClN5O/c1-4-8-21-19(22-14-18(26)23(2)3)25-11-9-24(10-12-25)15-16-6-5-7-17(20)13-16/h5-7,13H,4,8-12,14-15H2,1-3H3,(H,21,22). The Hall–Kier alpha value is -1.79. The fraction of sp³-hybridized carbons (Fsp3) is 0.579. The van der Waals surface area contributed by atoms with Gasteiger partial charge in [0.1, 0.15) is 6.54 Å². The number of benzene rings is 1. The molecular weight excluding hydrogens is 350 g/mol. The number of likely N-dealkylation sites (N-methyl/N-ethyl adjacent to an activating group) is 1. The first-order chi connectivity index (χ1) is 12.5. The molecule has 1 aromatic rings. The van der Waals surface area contributed by atoms with Gasteiger partial charge in [-0.1, -0.05) is 30.7 Å². The zero-order valence-electron chi connectivity index (χ0n) is 16.0. The van der Waals surface area contributed by atoms with Crippen molar-refractivity contribution in [3.8, 4) is 0 Å². The SMILES string of the molecule is CCCNC(=NCC(=O)N(C)C)N1CCN(Cc2cccc(Cl)c2)CC1. The van der Waals surface area contributed by atoms with Crippen molar-refractivity contribution in [3.05, 3.63) is 34.9 Å². The molecule has 2 rings (SSSR count).